The molecule has 0 saturated carbocycles. The SMILES string of the molecule is Cc1nc2c(n1Cc1cncn1C(C)C)CCCC2. The van der Waals surface area contributed by atoms with Gasteiger partial charge in [-0.05, 0) is 46.5 Å². The largest absolute Gasteiger partial charge is 0.330 e. The topological polar surface area (TPSA) is 35.6 Å². The van der Waals surface area contributed by atoms with E-state index in [2.05, 4.69) is 34.9 Å². The number of aryl methyl sites for hydroxylation is 2. The van der Waals surface area contributed by atoms with Gasteiger partial charge >= 0.3 is 0 Å². The standard InChI is InChI=1S/C15H22N4/c1-11(2)19-10-16-8-13(19)9-18-12(3)17-14-6-4-5-7-15(14)18/h8,10-11H,4-7,9H2,1-3H3. The van der Waals surface area contributed by atoms with Crippen LogP contribution < -0.4 is 0 Å². The van der Waals surface area contributed by atoms with Gasteiger partial charge in [0.1, 0.15) is 5.82 Å². The van der Waals surface area contributed by atoms with Crippen molar-refractivity contribution in [1.82, 2.24) is 19.1 Å². The lowest BCUT2D eigenvalue weighted by Crippen LogP contribution is -2.13. The summed E-state index contributed by atoms with van der Waals surface area (Å²) in [7, 11) is 0. The van der Waals surface area contributed by atoms with Crippen molar-refractivity contribution in [2.75, 3.05) is 0 Å². The van der Waals surface area contributed by atoms with Gasteiger partial charge in [0.25, 0.3) is 0 Å². The predicted octanol–water partition coefficient (Wildman–Crippen LogP) is 2.90. The zero-order valence-electron chi connectivity index (χ0n) is 12.1. The van der Waals surface area contributed by atoms with Gasteiger partial charge in [0.15, 0.2) is 0 Å². The van der Waals surface area contributed by atoms with E-state index >= 15 is 0 Å². The van der Waals surface area contributed by atoms with Crippen molar-refractivity contribution in [2.24, 2.45) is 0 Å². The van der Waals surface area contributed by atoms with Gasteiger partial charge in [-0.15, -0.1) is 0 Å². The molecule has 0 aromatic carbocycles. The van der Waals surface area contributed by atoms with E-state index in [1.54, 1.807) is 0 Å². The molecule has 19 heavy (non-hydrogen) atoms. The van der Waals surface area contributed by atoms with Gasteiger partial charge in [-0.1, -0.05) is 0 Å². The summed E-state index contributed by atoms with van der Waals surface area (Å²) in [5, 5.41) is 0. The summed E-state index contributed by atoms with van der Waals surface area (Å²) < 4.78 is 4.62. The monoisotopic (exact) mass is 258 g/mol. The smallest absolute Gasteiger partial charge is 0.106 e. The van der Waals surface area contributed by atoms with Gasteiger partial charge in [-0.25, -0.2) is 9.97 Å². The van der Waals surface area contributed by atoms with E-state index in [9.17, 15) is 0 Å². The van der Waals surface area contributed by atoms with Crippen LogP contribution in [-0.4, -0.2) is 19.1 Å². The number of hydrogen-bond acceptors (Lipinski definition) is 2. The lowest BCUT2D eigenvalue weighted by atomic mass is 10.0. The Kier molecular flexibility index (Phi) is 3.17. The third-order valence-corrected chi connectivity index (χ3v) is 4.05. The van der Waals surface area contributed by atoms with E-state index < -0.39 is 0 Å². The summed E-state index contributed by atoms with van der Waals surface area (Å²) in [4.78, 5) is 9.03. The maximum absolute atomic E-state index is 4.74. The molecule has 0 N–H and O–H groups in total. The van der Waals surface area contributed by atoms with Crippen LogP contribution in [0.15, 0.2) is 12.5 Å². The van der Waals surface area contributed by atoms with E-state index in [0.717, 1.165) is 18.8 Å². The average Bonchev–Trinajstić information content (AvgIpc) is 2.96. The van der Waals surface area contributed by atoms with Crippen molar-refractivity contribution < 1.29 is 0 Å². The Morgan fingerprint density at radius 1 is 1.26 bits per heavy atom. The van der Waals surface area contributed by atoms with Crippen LogP contribution in [0.2, 0.25) is 0 Å². The van der Waals surface area contributed by atoms with E-state index in [1.807, 2.05) is 12.5 Å². The normalized spacial score (nSPS) is 14.9. The summed E-state index contributed by atoms with van der Waals surface area (Å²) >= 11 is 0. The van der Waals surface area contributed by atoms with Gasteiger partial charge in [0.05, 0.1) is 24.3 Å². The van der Waals surface area contributed by atoms with Gasteiger partial charge in [0, 0.05) is 17.9 Å². The number of imidazole rings is 2. The molecule has 0 atom stereocenters. The molecular weight excluding hydrogens is 236 g/mol. The molecule has 2 aromatic heterocycles. The second-order valence-corrected chi connectivity index (χ2v) is 5.73. The van der Waals surface area contributed by atoms with Crippen molar-refractivity contribution in [2.45, 2.75) is 59.0 Å². The third-order valence-electron chi connectivity index (χ3n) is 4.05. The highest BCUT2D eigenvalue weighted by molar-refractivity contribution is 5.21. The fraction of sp³-hybridized carbons (Fsp3) is 0.600. The molecule has 1 aliphatic carbocycles. The molecule has 1 aliphatic rings. The van der Waals surface area contributed by atoms with E-state index in [1.165, 1.54) is 36.3 Å². The first kappa shape index (κ1) is 12.5. The van der Waals surface area contributed by atoms with Crippen LogP contribution in [0.5, 0.6) is 0 Å². The first-order valence-corrected chi connectivity index (χ1v) is 7.22. The van der Waals surface area contributed by atoms with E-state index in [0.29, 0.717) is 6.04 Å². The molecule has 4 heteroatoms. The highest BCUT2D eigenvalue weighted by Gasteiger charge is 2.19. The minimum atomic E-state index is 0.456. The highest BCUT2D eigenvalue weighted by atomic mass is 15.1. The molecule has 0 spiro atoms. The molecule has 0 radical (unpaired) electrons. The fourth-order valence-electron chi connectivity index (χ4n) is 3.03. The molecule has 2 heterocycles. The molecule has 0 fully saturated rings. The number of rotatable bonds is 3. The van der Waals surface area contributed by atoms with Gasteiger partial charge in [0.2, 0.25) is 0 Å². The molecular formula is C15H22N4. The van der Waals surface area contributed by atoms with Crippen molar-refractivity contribution in [1.29, 1.82) is 0 Å². The summed E-state index contributed by atoms with van der Waals surface area (Å²) in [5.41, 5.74) is 4.03. The van der Waals surface area contributed by atoms with Crippen LogP contribution in [-0.2, 0) is 19.4 Å². The lowest BCUT2D eigenvalue weighted by Gasteiger charge is -2.17. The molecule has 0 unspecified atom stereocenters. The summed E-state index contributed by atoms with van der Waals surface area (Å²) in [6.45, 7) is 7.41. The minimum absolute atomic E-state index is 0.456. The Bertz CT molecular complexity index is 577. The Morgan fingerprint density at radius 3 is 2.84 bits per heavy atom. The molecule has 0 aliphatic heterocycles. The molecule has 102 valence electrons. The molecule has 4 nitrogen and oxygen atoms in total. The predicted molar refractivity (Wildman–Crippen MR) is 75.3 cm³/mol. The molecule has 2 aromatic rings. The van der Waals surface area contributed by atoms with Gasteiger partial charge in [-0.2, -0.15) is 0 Å². The van der Waals surface area contributed by atoms with Crippen molar-refractivity contribution in [3.63, 3.8) is 0 Å². The number of nitrogens with zero attached hydrogens (tertiary/aromatic N) is 4. The van der Waals surface area contributed by atoms with E-state index in [4.69, 9.17) is 4.98 Å². The van der Waals surface area contributed by atoms with E-state index in [-0.39, 0.29) is 0 Å². The summed E-state index contributed by atoms with van der Waals surface area (Å²) in [5.74, 6) is 1.14. The fourth-order valence-corrected chi connectivity index (χ4v) is 3.03. The molecule has 0 amide bonds. The number of aromatic nitrogens is 4. The van der Waals surface area contributed by atoms with Crippen LogP contribution in [0.4, 0.5) is 0 Å². The van der Waals surface area contributed by atoms with Crippen LogP contribution in [0.3, 0.4) is 0 Å². The van der Waals surface area contributed by atoms with Gasteiger partial charge in [-0.3, -0.25) is 0 Å². The Hall–Kier alpha value is -1.58. The summed E-state index contributed by atoms with van der Waals surface area (Å²) in [6.07, 6.45) is 8.81. The zero-order chi connectivity index (χ0) is 13.4. The molecule has 0 saturated heterocycles. The average molecular weight is 258 g/mol. The zero-order valence-corrected chi connectivity index (χ0v) is 12.1. The second kappa shape index (κ2) is 4.83. The first-order chi connectivity index (χ1) is 9.16. The second-order valence-electron chi connectivity index (χ2n) is 5.73. The quantitative estimate of drug-likeness (QED) is 0.848. The lowest BCUT2D eigenvalue weighted by molar-refractivity contribution is 0.548. The van der Waals surface area contributed by atoms with Crippen molar-refractivity contribution >= 4 is 0 Å². The maximum Gasteiger partial charge on any atom is 0.106 e. The van der Waals surface area contributed by atoms with Crippen LogP contribution in [0.1, 0.15) is 55.6 Å². The number of fused-ring (bicyclic) bond motifs is 1. The number of hydrogen-bond donors (Lipinski definition) is 0. The summed E-state index contributed by atoms with van der Waals surface area (Å²) in [6, 6.07) is 0.456. The Morgan fingerprint density at radius 2 is 2.05 bits per heavy atom. The van der Waals surface area contributed by atoms with Crippen LogP contribution in [0, 0.1) is 6.92 Å². The Balaban J connectivity index is 1.95. The molecule has 0 bridgehead atoms. The maximum atomic E-state index is 4.74. The third kappa shape index (κ3) is 2.20. The van der Waals surface area contributed by atoms with Gasteiger partial charge < -0.3 is 9.13 Å². The minimum Gasteiger partial charge on any atom is -0.330 e. The first-order valence-electron chi connectivity index (χ1n) is 7.22. The van der Waals surface area contributed by atoms with Crippen molar-refractivity contribution in [3.05, 3.63) is 35.4 Å². The molecule has 3 rings (SSSR count). The Labute approximate surface area is 114 Å². The van der Waals surface area contributed by atoms with Crippen LogP contribution >= 0.6 is 0 Å². The highest BCUT2D eigenvalue weighted by Crippen LogP contribution is 2.23. The van der Waals surface area contributed by atoms with Crippen LogP contribution in [0.25, 0.3) is 0 Å². The van der Waals surface area contributed by atoms with Crippen molar-refractivity contribution in [3.8, 4) is 0 Å².